The molecule has 0 radical (unpaired) electrons. The number of carbonyl (C=O) groups is 1. The van der Waals surface area contributed by atoms with Crippen LogP contribution in [0.25, 0.3) is 0 Å². The van der Waals surface area contributed by atoms with Gasteiger partial charge in [-0.1, -0.05) is 11.6 Å². The monoisotopic (exact) mass is 274 g/mol. The summed E-state index contributed by atoms with van der Waals surface area (Å²) in [6, 6.07) is 3.24. The highest BCUT2D eigenvalue weighted by Crippen LogP contribution is 2.16. The number of nitrogens with zero attached hydrogens (tertiary/aromatic N) is 1. The van der Waals surface area contributed by atoms with Gasteiger partial charge in [0.15, 0.2) is 0 Å². The first-order valence-electron chi connectivity index (χ1n) is 5.01. The average molecular weight is 275 g/mol. The average Bonchev–Trinajstić information content (AvgIpc) is 2.29. The van der Waals surface area contributed by atoms with Crippen molar-refractivity contribution in [3.05, 3.63) is 22.8 Å². The van der Waals surface area contributed by atoms with Crippen molar-refractivity contribution in [2.45, 2.75) is 13.0 Å². The molecule has 1 heterocycles. The number of nitrogens with one attached hydrogen (secondary N) is 2. The van der Waals surface area contributed by atoms with E-state index in [1.807, 2.05) is 13.2 Å². The van der Waals surface area contributed by atoms with Crippen molar-refractivity contribution in [3.63, 3.8) is 0 Å². The van der Waals surface area contributed by atoms with Crippen molar-refractivity contribution in [1.82, 2.24) is 10.3 Å². The molecule has 1 amide bonds. The Hall–Kier alpha value is -0.980. The number of pyridine rings is 1. The van der Waals surface area contributed by atoms with E-state index >= 15 is 0 Å². The first kappa shape index (κ1) is 14.1. The first-order valence-corrected chi connectivity index (χ1v) is 6.78. The summed E-state index contributed by atoms with van der Waals surface area (Å²) in [6.45, 7) is 1.92. The van der Waals surface area contributed by atoms with Crippen LogP contribution in [0, 0.1) is 0 Å². The highest BCUT2D eigenvalue weighted by atomic mass is 35.5. The molecule has 0 aliphatic carbocycles. The van der Waals surface area contributed by atoms with E-state index in [1.54, 1.807) is 23.9 Å². The van der Waals surface area contributed by atoms with E-state index in [2.05, 4.69) is 15.7 Å². The lowest BCUT2D eigenvalue weighted by atomic mass is 10.3. The van der Waals surface area contributed by atoms with E-state index in [1.165, 1.54) is 0 Å². The van der Waals surface area contributed by atoms with Crippen molar-refractivity contribution < 1.29 is 4.79 Å². The molecule has 1 atom stereocenters. The van der Waals surface area contributed by atoms with Gasteiger partial charge in [0.1, 0.15) is 11.5 Å². The van der Waals surface area contributed by atoms with E-state index in [0.29, 0.717) is 10.8 Å². The minimum atomic E-state index is -0.298. The second-order valence-electron chi connectivity index (χ2n) is 3.50. The minimum Gasteiger partial charge on any atom is -0.347 e. The Morgan fingerprint density at radius 2 is 2.35 bits per heavy atom. The maximum Gasteiger partial charge on any atom is 0.271 e. The summed E-state index contributed by atoms with van der Waals surface area (Å²) in [5.41, 5.74) is 2.55. The number of hydrogen-bond donors (Lipinski definition) is 3. The molecule has 0 spiro atoms. The van der Waals surface area contributed by atoms with Gasteiger partial charge in [0.25, 0.3) is 5.91 Å². The number of halogens is 1. The molecule has 17 heavy (non-hydrogen) atoms. The molecule has 5 nitrogen and oxygen atoms in total. The fourth-order valence-corrected chi connectivity index (χ4v) is 2.04. The number of hydrogen-bond acceptors (Lipinski definition) is 5. The third-order valence-corrected chi connectivity index (χ3v) is 3.14. The maximum absolute atomic E-state index is 11.9. The lowest BCUT2D eigenvalue weighted by molar-refractivity contribution is 0.0939. The van der Waals surface area contributed by atoms with Crippen LogP contribution < -0.4 is 16.6 Å². The second kappa shape index (κ2) is 6.68. The number of nitrogen functional groups attached to an aromatic ring is 1. The van der Waals surface area contributed by atoms with Crippen LogP contribution in [0.15, 0.2) is 12.1 Å². The predicted molar refractivity (Wildman–Crippen MR) is 72.4 cm³/mol. The molecule has 0 saturated carbocycles. The van der Waals surface area contributed by atoms with Crippen molar-refractivity contribution in [2.24, 2.45) is 5.84 Å². The van der Waals surface area contributed by atoms with Crippen LogP contribution in [0.3, 0.4) is 0 Å². The highest BCUT2D eigenvalue weighted by molar-refractivity contribution is 7.98. The zero-order valence-corrected chi connectivity index (χ0v) is 11.2. The SMILES string of the molecule is CSCC(C)NC(=O)c1nc(NN)ccc1Cl. The van der Waals surface area contributed by atoms with Crippen LogP contribution in [0.2, 0.25) is 5.02 Å². The quantitative estimate of drug-likeness (QED) is 0.560. The largest absolute Gasteiger partial charge is 0.347 e. The number of hydrazine groups is 1. The van der Waals surface area contributed by atoms with Gasteiger partial charge < -0.3 is 10.7 Å². The molecule has 0 fully saturated rings. The van der Waals surface area contributed by atoms with Gasteiger partial charge in [0.2, 0.25) is 0 Å². The van der Waals surface area contributed by atoms with Crippen LogP contribution >= 0.6 is 23.4 Å². The maximum atomic E-state index is 11.9. The van der Waals surface area contributed by atoms with Crippen LogP contribution in [-0.4, -0.2) is 28.9 Å². The van der Waals surface area contributed by atoms with Crippen molar-refractivity contribution in [2.75, 3.05) is 17.4 Å². The molecule has 0 saturated heterocycles. The van der Waals surface area contributed by atoms with Gasteiger partial charge in [-0.3, -0.25) is 4.79 Å². The van der Waals surface area contributed by atoms with Crippen molar-refractivity contribution in [1.29, 1.82) is 0 Å². The molecule has 1 unspecified atom stereocenters. The molecule has 4 N–H and O–H groups in total. The molecule has 1 rings (SSSR count). The predicted octanol–water partition coefficient (Wildman–Crippen LogP) is 1.50. The summed E-state index contributed by atoms with van der Waals surface area (Å²) in [5, 5.41) is 3.12. The summed E-state index contributed by atoms with van der Waals surface area (Å²) in [6.07, 6.45) is 1.98. The molecule has 94 valence electrons. The fourth-order valence-electron chi connectivity index (χ4n) is 1.27. The molecule has 0 aromatic carbocycles. The Morgan fingerprint density at radius 3 is 2.94 bits per heavy atom. The highest BCUT2D eigenvalue weighted by Gasteiger charge is 2.15. The Morgan fingerprint density at radius 1 is 1.65 bits per heavy atom. The molecule has 0 aliphatic rings. The fraction of sp³-hybridized carbons (Fsp3) is 0.400. The number of thioether (sulfide) groups is 1. The molecule has 0 bridgehead atoms. The molecular formula is C10H15ClN4OS. The number of aromatic nitrogens is 1. The Kier molecular flexibility index (Phi) is 5.54. The second-order valence-corrected chi connectivity index (χ2v) is 4.82. The van der Waals surface area contributed by atoms with Gasteiger partial charge >= 0.3 is 0 Å². The minimum absolute atomic E-state index is 0.0601. The van der Waals surface area contributed by atoms with Gasteiger partial charge in [-0.15, -0.1) is 0 Å². The number of anilines is 1. The van der Waals surface area contributed by atoms with E-state index in [0.717, 1.165) is 5.75 Å². The zero-order chi connectivity index (χ0) is 12.8. The van der Waals surface area contributed by atoms with Crippen LogP contribution in [0.1, 0.15) is 17.4 Å². The first-order chi connectivity index (χ1) is 8.08. The summed E-state index contributed by atoms with van der Waals surface area (Å²) < 4.78 is 0. The molecule has 0 aliphatic heterocycles. The third-order valence-electron chi connectivity index (χ3n) is 2.00. The van der Waals surface area contributed by atoms with Crippen LogP contribution in [0.5, 0.6) is 0 Å². The number of carbonyl (C=O) groups excluding carboxylic acids is 1. The van der Waals surface area contributed by atoms with Crippen molar-refractivity contribution in [3.8, 4) is 0 Å². The Bertz CT molecular complexity index is 402. The molecule has 1 aromatic rings. The van der Waals surface area contributed by atoms with Crippen LogP contribution in [-0.2, 0) is 0 Å². The van der Waals surface area contributed by atoms with Crippen LogP contribution in [0.4, 0.5) is 5.82 Å². The smallest absolute Gasteiger partial charge is 0.271 e. The summed E-state index contributed by atoms with van der Waals surface area (Å²) >= 11 is 7.57. The Balaban J connectivity index is 2.80. The molecular weight excluding hydrogens is 260 g/mol. The van der Waals surface area contributed by atoms with Gasteiger partial charge in [-0.25, -0.2) is 10.8 Å². The lowest BCUT2D eigenvalue weighted by Crippen LogP contribution is -2.35. The van der Waals surface area contributed by atoms with Gasteiger partial charge in [0.05, 0.1) is 5.02 Å². The molecule has 1 aromatic heterocycles. The van der Waals surface area contributed by atoms with Crippen molar-refractivity contribution >= 4 is 35.1 Å². The zero-order valence-electron chi connectivity index (χ0n) is 9.66. The number of rotatable bonds is 5. The van der Waals surface area contributed by atoms with E-state index in [9.17, 15) is 4.79 Å². The van der Waals surface area contributed by atoms with E-state index in [-0.39, 0.29) is 17.6 Å². The topological polar surface area (TPSA) is 80.0 Å². The number of amides is 1. The van der Waals surface area contributed by atoms with Gasteiger partial charge in [-0.05, 0) is 25.3 Å². The standard InChI is InChI=1S/C10H15ClN4OS/c1-6(5-17-2)13-10(16)9-7(11)3-4-8(14-9)15-12/h3-4,6H,5,12H2,1-2H3,(H,13,16)(H,14,15). The number of nitrogens with two attached hydrogens (primary N) is 1. The summed E-state index contributed by atoms with van der Waals surface area (Å²) in [7, 11) is 0. The Labute approximate surface area is 109 Å². The normalized spacial score (nSPS) is 12.0. The lowest BCUT2D eigenvalue weighted by Gasteiger charge is -2.13. The van der Waals surface area contributed by atoms with E-state index < -0.39 is 0 Å². The third kappa shape index (κ3) is 4.07. The van der Waals surface area contributed by atoms with Gasteiger partial charge in [0, 0.05) is 11.8 Å². The summed E-state index contributed by atoms with van der Waals surface area (Å²) in [4.78, 5) is 15.9. The summed E-state index contributed by atoms with van der Waals surface area (Å²) in [5.74, 6) is 6.16. The molecule has 7 heteroatoms. The van der Waals surface area contributed by atoms with Gasteiger partial charge in [-0.2, -0.15) is 11.8 Å². The van der Waals surface area contributed by atoms with E-state index in [4.69, 9.17) is 17.4 Å².